The number of rotatable bonds is 0. The van der Waals surface area contributed by atoms with Crippen LogP contribution < -0.4 is 5.56 Å². The number of aliphatic hydroxyl groups excluding tert-OH is 1. The van der Waals surface area contributed by atoms with E-state index >= 15 is 0 Å². The van der Waals surface area contributed by atoms with Crippen LogP contribution in [0.4, 0.5) is 0 Å². The molecule has 0 saturated heterocycles. The molecule has 0 spiro atoms. The van der Waals surface area contributed by atoms with Crippen LogP contribution in [0.3, 0.4) is 0 Å². The van der Waals surface area contributed by atoms with Crippen molar-refractivity contribution in [1.29, 1.82) is 0 Å². The molecule has 5 nitrogen and oxygen atoms in total. The van der Waals surface area contributed by atoms with E-state index in [9.17, 15) is 14.7 Å². The first kappa shape index (κ1) is 8.96. The molecule has 0 unspecified atom stereocenters. The van der Waals surface area contributed by atoms with Crippen molar-refractivity contribution < 1.29 is 14.6 Å². The summed E-state index contributed by atoms with van der Waals surface area (Å²) in [5.41, 5.74) is 0.474. The Morgan fingerprint density at radius 1 is 1.50 bits per heavy atom. The molecule has 0 amide bonds. The average Bonchev–Trinajstić information content (AvgIpc) is 2.28. The molecule has 1 atom stereocenters. The third-order valence-corrected chi connectivity index (χ3v) is 2.20. The van der Waals surface area contributed by atoms with E-state index < -0.39 is 12.1 Å². The van der Waals surface area contributed by atoms with Gasteiger partial charge in [0.2, 0.25) is 0 Å². The predicted octanol–water partition coefficient (Wildman–Crippen LogP) is -0.145. The number of hydrogen-bond acceptors (Lipinski definition) is 4. The van der Waals surface area contributed by atoms with E-state index in [4.69, 9.17) is 4.74 Å². The van der Waals surface area contributed by atoms with E-state index in [1.807, 2.05) is 0 Å². The van der Waals surface area contributed by atoms with Crippen LogP contribution >= 0.6 is 0 Å². The van der Waals surface area contributed by atoms with Crippen LogP contribution in [0.2, 0.25) is 0 Å². The molecule has 5 heteroatoms. The zero-order chi connectivity index (χ0) is 10.1. The third-order valence-electron chi connectivity index (χ3n) is 2.20. The minimum Gasteiger partial charge on any atom is -0.460 e. The molecule has 1 aliphatic rings. The summed E-state index contributed by atoms with van der Waals surface area (Å²) in [5, 5.41) is 9.58. The highest BCUT2D eigenvalue weighted by atomic mass is 16.5. The third kappa shape index (κ3) is 1.42. The standard InChI is InChI=1S/C9H9NO4/c11-7-3-8(12)14-4-6-5(7)1-2-10-9(6)13/h1-2,7,11H,3-4H2,(H,10,13)/t7-/m1/s1. The molecule has 1 aromatic heterocycles. The van der Waals surface area contributed by atoms with Gasteiger partial charge in [-0.1, -0.05) is 0 Å². The summed E-state index contributed by atoms with van der Waals surface area (Å²) >= 11 is 0. The quantitative estimate of drug-likeness (QED) is 0.564. The van der Waals surface area contributed by atoms with E-state index in [-0.39, 0.29) is 18.6 Å². The highest BCUT2D eigenvalue weighted by Crippen LogP contribution is 2.22. The molecule has 1 aromatic rings. The summed E-state index contributed by atoms with van der Waals surface area (Å²) in [6.07, 6.45) is 0.402. The normalized spacial score (nSPS) is 20.9. The lowest BCUT2D eigenvalue weighted by Gasteiger charge is -2.07. The van der Waals surface area contributed by atoms with Crippen molar-refractivity contribution >= 4 is 5.97 Å². The number of H-pyrrole nitrogens is 1. The van der Waals surface area contributed by atoms with Crippen molar-refractivity contribution in [3.8, 4) is 0 Å². The number of aromatic nitrogens is 1. The number of pyridine rings is 1. The lowest BCUT2D eigenvalue weighted by molar-refractivity contribution is -0.146. The van der Waals surface area contributed by atoms with Crippen LogP contribution in [0.1, 0.15) is 23.7 Å². The van der Waals surface area contributed by atoms with Crippen LogP contribution in [-0.4, -0.2) is 16.1 Å². The number of carbonyl (C=O) groups excluding carboxylic acids is 1. The van der Waals surface area contributed by atoms with Crippen LogP contribution in [0.25, 0.3) is 0 Å². The number of ether oxygens (including phenoxy) is 1. The van der Waals surface area contributed by atoms with Gasteiger partial charge in [0.05, 0.1) is 18.1 Å². The Bertz CT molecular complexity index is 423. The lowest BCUT2D eigenvalue weighted by atomic mass is 10.0. The number of cyclic esters (lactones) is 1. The molecule has 1 aliphatic heterocycles. The summed E-state index contributed by atoms with van der Waals surface area (Å²) in [7, 11) is 0. The zero-order valence-corrected chi connectivity index (χ0v) is 7.32. The smallest absolute Gasteiger partial charge is 0.309 e. The number of aromatic amines is 1. The van der Waals surface area contributed by atoms with Gasteiger partial charge in [-0.2, -0.15) is 0 Å². The Morgan fingerprint density at radius 2 is 2.29 bits per heavy atom. The van der Waals surface area contributed by atoms with Crippen LogP contribution in [0.15, 0.2) is 17.1 Å². The maximum atomic E-state index is 11.3. The predicted molar refractivity (Wildman–Crippen MR) is 46.4 cm³/mol. The molecule has 0 fully saturated rings. The summed E-state index contributed by atoms with van der Waals surface area (Å²) in [5.74, 6) is -0.492. The second-order valence-corrected chi connectivity index (χ2v) is 3.12. The average molecular weight is 195 g/mol. The number of aliphatic hydroxyl groups is 1. The Kier molecular flexibility index (Phi) is 2.09. The van der Waals surface area contributed by atoms with E-state index in [1.54, 1.807) is 6.07 Å². The number of carbonyl (C=O) groups is 1. The fourth-order valence-electron chi connectivity index (χ4n) is 1.47. The van der Waals surface area contributed by atoms with Crippen LogP contribution in [0, 0.1) is 0 Å². The summed E-state index contributed by atoms with van der Waals surface area (Å²) in [4.78, 5) is 24.8. The molecule has 2 heterocycles. The van der Waals surface area contributed by atoms with E-state index in [0.717, 1.165) is 0 Å². The van der Waals surface area contributed by atoms with Crippen molar-refractivity contribution in [2.45, 2.75) is 19.1 Å². The lowest BCUT2D eigenvalue weighted by Crippen LogP contribution is -2.15. The van der Waals surface area contributed by atoms with E-state index in [0.29, 0.717) is 11.1 Å². The fraction of sp³-hybridized carbons (Fsp3) is 0.333. The van der Waals surface area contributed by atoms with Gasteiger partial charge >= 0.3 is 5.97 Å². The minimum absolute atomic E-state index is 0.0681. The first-order chi connectivity index (χ1) is 6.68. The summed E-state index contributed by atoms with van der Waals surface area (Å²) < 4.78 is 4.76. The second kappa shape index (κ2) is 3.26. The van der Waals surface area contributed by atoms with Crippen LogP contribution in [0.5, 0.6) is 0 Å². The van der Waals surface area contributed by atoms with Gasteiger partial charge in [-0.15, -0.1) is 0 Å². The highest BCUT2D eigenvalue weighted by Gasteiger charge is 2.23. The maximum absolute atomic E-state index is 11.3. The Labute approximate surface area is 79.3 Å². The van der Waals surface area contributed by atoms with Crippen LogP contribution in [-0.2, 0) is 16.1 Å². The van der Waals surface area contributed by atoms with Crippen molar-refractivity contribution in [2.24, 2.45) is 0 Å². The SMILES string of the molecule is O=C1C[C@@H](O)c2cc[nH]c(=O)c2CO1. The molecule has 14 heavy (non-hydrogen) atoms. The molecule has 0 bridgehead atoms. The summed E-state index contributed by atoms with van der Waals surface area (Å²) in [6.45, 7) is -0.0681. The van der Waals surface area contributed by atoms with Gasteiger partial charge in [-0.3, -0.25) is 9.59 Å². The van der Waals surface area contributed by atoms with Gasteiger partial charge in [-0.05, 0) is 11.6 Å². The maximum Gasteiger partial charge on any atom is 0.309 e. The Morgan fingerprint density at radius 3 is 3.07 bits per heavy atom. The molecule has 0 aliphatic carbocycles. The Balaban J connectivity index is 2.53. The topological polar surface area (TPSA) is 79.4 Å². The first-order valence-electron chi connectivity index (χ1n) is 4.22. The minimum atomic E-state index is -0.942. The van der Waals surface area contributed by atoms with E-state index in [1.165, 1.54) is 6.20 Å². The second-order valence-electron chi connectivity index (χ2n) is 3.12. The molecule has 2 N–H and O–H groups in total. The molecular weight excluding hydrogens is 186 g/mol. The van der Waals surface area contributed by atoms with Gasteiger partial charge in [0, 0.05) is 6.20 Å². The van der Waals surface area contributed by atoms with Gasteiger partial charge in [0.15, 0.2) is 0 Å². The highest BCUT2D eigenvalue weighted by molar-refractivity contribution is 5.71. The molecule has 2 rings (SSSR count). The Hall–Kier alpha value is -1.62. The van der Waals surface area contributed by atoms with Gasteiger partial charge in [0.1, 0.15) is 6.61 Å². The van der Waals surface area contributed by atoms with Crippen molar-refractivity contribution in [3.05, 3.63) is 33.7 Å². The molecule has 0 radical (unpaired) electrons. The number of hydrogen-bond donors (Lipinski definition) is 2. The number of esters is 1. The van der Waals surface area contributed by atoms with Crippen molar-refractivity contribution in [2.75, 3.05) is 0 Å². The van der Waals surface area contributed by atoms with Gasteiger partial charge in [0.25, 0.3) is 5.56 Å². The molecule has 74 valence electrons. The monoisotopic (exact) mass is 195 g/mol. The fourth-order valence-corrected chi connectivity index (χ4v) is 1.47. The van der Waals surface area contributed by atoms with E-state index in [2.05, 4.69) is 4.98 Å². The summed E-state index contributed by atoms with van der Waals surface area (Å²) in [6, 6.07) is 1.59. The van der Waals surface area contributed by atoms with Crippen molar-refractivity contribution in [1.82, 2.24) is 4.98 Å². The number of fused-ring (bicyclic) bond motifs is 1. The first-order valence-corrected chi connectivity index (χ1v) is 4.22. The molecule has 0 aromatic carbocycles. The largest absolute Gasteiger partial charge is 0.460 e. The van der Waals surface area contributed by atoms with Gasteiger partial charge in [-0.25, -0.2) is 0 Å². The molecular formula is C9H9NO4. The van der Waals surface area contributed by atoms with Crippen molar-refractivity contribution in [3.63, 3.8) is 0 Å². The van der Waals surface area contributed by atoms with Gasteiger partial charge < -0.3 is 14.8 Å². The molecule has 0 saturated carbocycles. The number of nitrogens with one attached hydrogen (secondary N) is 1. The zero-order valence-electron chi connectivity index (χ0n) is 7.32.